The summed E-state index contributed by atoms with van der Waals surface area (Å²) in [6.07, 6.45) is 5.22. The minimum Gasteiger partial charge on any atom is -0.478 e. The molecule has 1 N–H and O–H groups in total. The maximum atomic E-state index is 6.09. The van der Waals surface area contributed by atoms with Crippen molar-refractivity contribution in [3.05, 3.63) is 64.3 Å². The molecule has 0 fully saturated rings. The molecule has 0 saturated carbocycles. The van der Waals surface area contributed by atoms with E-state index < -0.39 is 0 Å². The fourth-order valence-corrected chi connectivity index (χ4v) is 3.96. The average molecular weight is 384 g/mol. The summed E-state index contributed by atoms with van der Waals surface area (Å²) in [5.74, 6) is 1.59. The number of hydrogen-bond donors (Lipinski definition) is 1. The highest BCUT2D eigenvalue weighted by Crippen LogP contribution is 2.26. The molecule has 2 aromatic rings. The van der Waals surface area contributed by atoms with Crippen LogP contribution in [0.5, 0.6) is 5.88 Å². The molecule has 0 amide bonds. The molecule has 4 rings (SSSR count). The van der Waals surface area contributed by atoms with Gasteiger partial charge < -0.3 is 10.1 Å². The molecular formula is C22H26ClN3O. The zero-order chi connectivity index (χ0) is 18.6. The number of fused-ring (bicyclic) bond motifs is 2. The van der Waals surface area contributed by atoms with Crippen molar-refractivity contribution in [3.63, 3.8) is 0 Å². The van der Waals surface area contributed by atoms with Crippen LogP contribution in [-0.2, 0) is 19.4 Å². The van der Waals surface area contributed by atoms with Gasteiger partial charge in [0.25, 0.3) is 0 Å². The molecule has 0 aliphatic carbocycles. The number of ether oxygens (including phenoxy) is 1. The van der Waals surface area contributed by atoms with Crippen molar-refractivity contribution in [2.45, 2.75) is 38.6 Å². The minimum absolute atomic E-state index is 0.694. The third kappa shape index (κ3) is 4.63. The van der Waals surface area contributed by atoms with Gasteiger partial charge in [0.15, 0.2) is 0 Å². The number of benzene rings is 1. The molecule has 1 aromatic heterocycles. The predicted molar refractivity (Wildman–Crippen MR) is 110 cm³/mol. The van der Waals surface area contributed by atoms with Crippen molar-refractivity contribution in [2.75, 3.05) is 25.0 Å². The number of aromatic nitrogens is 1. The SMILES string of the molecule is C=C1CCc2ccc(OCCCCN3CCc4cc(Cl)ccc4C3)nc2N1. The standard InChI is InChI=1S/C22H26ClN3O/c1-16-4-5-17-7-9-21(25-22(17)24-16)27-13-3-2-11-26-12-10-18-14-20(23)8-6-19(18)15-26/h6-9,14H,1-5,10-13,15H2,(H,24,25). The van der Waals surface area contributed by atoms with E-state index >= 15 is 0 Å². The Hall–Kier alpha value is -2.04. The van der Waals surface area contributed by atoms with Crippen LogP contribution in [0.15, 0.2) is 42.6 Å². The molecule has 2 aliphatic heterocycles. The van der Waals surface area contributed by atoms with Gasteiger partial charge in [-0.3, -0.25) is 4.90 Å². The lowest BCUT2D eigenvalue weighted by Crippen LogP contribution is -2.31. The molecule has 4 nitrogen and oxygen atoms in total. The molecule has 142 valence electrons. The lowest BCUT2D eigenvalue weighted by atomic mass is 10.00. The number of anilines is 1. The summed E-state index contributed by atoms with van der Waals surface area (Å²) in [4.78, 5) is 7.08. The van der Waals surface area contributed by atoms with E-state index in [1.807, 2.05) is 12.1 Å². The quantitative estimate of drug-likeness (QED) is 0.725. The van der Waals surface area contributed by atoms with E-state index in [-0.39, 0.29) is 0 Å². The second-order valence-electron chi connectivity index (χ2n) is 7.38. The summed E-state index contributed by atoms with van der Waals surface area (Å²) >= 11 is 6.09. The first-order valence-corrected chi connectivity index (χ1v) is 10.1. The Bertz CT molecular complexity index is 836. The van der Waals surface area contributed by atoms with Crippen molar-refractivity contribution >= 4 is 17.4 Å². The molecular weight excluding hydrogens is 358 g/mol. The Morgan fingerprint density at radius 2 is 1.96 bits per heavy atom. The molecule has 0 atom stereocenters. The van der Waals surface area contributed by atoms with Crippen LogP contribution in [0, 0.1) is 0 Å². The Balaban J connectivity index is 1.19. The Labute approximate surface area is 166 Å². The lowest BCUT2D eigenvalue weighted by Gasteiger charge is -2.28. The molecule has 0 bridgehead atoms. The molecule has 3 heterocycles. The van der Waals surface area contributed by atoms with Crippen molar-refractivity contribution in [2.24, 2.45) is 0 Å². The number of rotatable bonds is 6. The lowest BCUT2D eigenvalue weighted by molar-refractivity contribution is 0.233. The topological polar surface area (TPSA) is 37.4 Å². The Kier molecular flexibility index (Phi) is 5.65. The Morgan fingerprint density at radius 1 is 1.07 bits per heavy atom. The van der Waals surface area contributed by atoms with Crippen LogP contribution in [0.25, 0.3) is 0 Å². The smallest absolute Gasteiger partial charge is 0.215 e. The summed E-state index contributed by atoms with van der Waals surface area (Å²) in [6.45, 7) is 7.92. The van der Waals surface area contributed by atoms with Gasteiger partial charge in [-0.05, 0) is 73.5 Å². The van der Waals surface area contributed by atoms with Crippen LogP contribution in [0.1, 0.15) is 36.0 Å². The van der Waals surface area contributed by atoms with Crippen molar-refractivity contribution in [3.8, 4) is 5.88 Å². The molecule has 2 aliphatic rings. The fraction of sp³-hybridized carbons (Fsp3) is 0.409. The van der Waals surface area contributed by atoms with Crippen molar-refractivity contribution in [1.29, 1.82) is 0 Å². The molecule has 5 heteroatoms. The molecule has 0 saturated heterocycles. The number of halogens is 1. The van der Waals surface area contributed by atoms with Gasteiger partial charge in [0.1, 0.15) is 5.82 Å². The second kappa shape index (κ2) is 8.32. The first-order valence-electron chi connectivity index (χ1n) is 9.74. The largest absolute Gasteiger partial charge is 0.478 e. The van der Waals surface area contributed by atoms with Gasteiger partial charge in [0.05, 0.1) is 6.61 Å². The van der Waals surface area contributed by atoms with Crippen molar-refractivity contribution < 1.29 is 4.74 Å². The summed E-state index contributed by atoms with van der Waals surface area (Å²) in [5.41, 5.74) is 5.07. The third-order valence-electron chi connectivity index (χ3n) is 5.32. The number of nitrogens with one attached hydrogen (secondary N) is 1. The zero-order valence-corrected chi connectivity index (χ0v) is 16.4. The minimum atomic E-state index is 0.694. The zero-order valence-electron chi connectivity index (χ0n) is 15.6. The highest BCUT2D eigenvalue weighted by atomic mass is 35.5. The van der Waals surface area contributed by atoms with Crippen LogP contribution in [0.4, 0.5) is 5.82 Å². The predicted octanol–water partition coefficient (Wildman–Crippen LogP) is 4.82. The average Bonchev–Trinajstić information content (AvgIpc) is 2.67. The second-order valence-corrected chi connectivity index (χ2v) is 7.82. The van der Waals surface area contributed by atoms with Gasteiger partial charge in [-0.25, -0.2) is 0 Å². The van der Waals surface area contributed by atoms with E-state index in [1.165, 1.54) is 16.7 Å². The summed E-state index contributed by atoms with van der Waals surface area (Å²) in [6, 6.07) is 10.3. The normalized spacial score (nSPS) is 16.4. The van der Waals surface area contributed by atoms with Crippen LogP contribution in [0.2, 0.25) is 5.02 Å². The van der Waals surface area contributed by atoms with Gasteiger partial charge in [-0.1, -0.05) is 24.2 Å². The van der Waals surface area contributed by atoms with Crippen LogP contribution < -0.4 is 10.1 Å². The maximum Gasteiger partial charge on any atom is 0.215 e. The number of allylic oxidation sites excluding steroid dienone is 1. The van der Waals surface area contributed by atoms with Gasteiger partial charge in [0, 0.05) is 29.9 Å². The maximum absolute atomic E-state index is 6.09. The molecule has 0 unspecified atom stereocenters. The number of aryl methyl sites for hydroxylation is 1. The number of hydrogen-bond acceptors (Lipinski definition) is 4. The van der Waals surface area contributed by atoms with E-state index in [4.69, 9.17) is 16.3 Å². The fourth-order valence-electron chi connectivity index (χ4n) is 3.76. The van der Waals surface area contributed by atoms with Gasteiger partial charge in [-0.2, -0.15) is 4.98 Å². The first-order chi connectivity index (χ1) is 13.2. The Morgan fingerprint density at radius 3 is 2.89 bits per heavy atom. The molecule has 27 heavy (non-hydrogen) atoms. The number of pyridine rings is 1. The van der Waals surface area contributed by atoms with Gasteiger partial charge >= 0.3 is 0 Å². The summed E-state index contributed by atoms with van der Waals surface area (Å²) in [7, 11) is 0. The summed E-state index contributed by atoms with van der Waals surface area (Å²) in [5, 5.41) is 4.10. The number of nitrogens with zero attached hydrogens (tertiary/aromatic N) is 2. The van der Waals surface area contributed by atoms with E-state index in [0.717, 1.165) is 68.3 Å². The van der Waals surface area contributed by atoms with Crippen LogP contribution in [0.3, 0.4) is 0 Å². The molecule has 1 aromatic carbocycles. The number of unbranched alkanes of at least 4 members (excludes halogenated alkanes) is 1. The molecule has 0 spiro atoms. The molecule has 0 radical (unpaired) electrons. The summed E-state index contributed by atoms with van der Waals surface area (Å²) < 4.78 is 5.85. The monoisotopic (exact) mass is 383 g/mol. The third-order valence-corrected chi connectivity index (χ3v) is 5.56. The van der Waals surface area contributed by atoms with Gasteiger partial charge in [0.2, 0.25) is 5.88 Å². The van der Waals surface area contributed by atoms with Gasteiger partial charge in [-0.15, -0.1) is 0 Å². The highest BCUT2D eigenvalue weighted by molar-refractivity contribution is 6.30. The highest BCUT2D eigenvalue weighted by Gasteiger charge is 2.16. The van der Waals surface area contributed by atoms with E-state index in [9.17, 15) is 0 Å². The first kappa shape index (κ1) is 18.3. The van der Waals surface area contributed by atoms with Crippen LogP contribution >= 0.6 is 11.6 Å². The van der Waals surface area contributed by atoms with E-state index in [2.05, 4.69) is 40.0 Å². The van der Waals surface area contributed by atoms with Crippen molar-refractivity contribution in [1.82, 2.24) is 9.88 Å². The van der Waals surface area contributed by atoms with E-state index in [1.54, 1.807) is 0 Å². The van der Waals surface area contributed by atoms with Crippen LogP contribution in [-0.4, -0.2) is 29.6 Å². The van der Waals surface area contributed by atoms with E-state index in [0.29, 0.717) is 12.5 Å².